The molecule has 0 fully saturated rings. The molecule has 0 aromatic heterocycles. The van der Waals surface area contributed by atoms with Crippen LogP contribution < -0.4 is 20.1 Å². The Kier molecular flexibility index (Phi) is 9.68. The van der Waals surface area contributed by atoms with Crippen LogP contribution in [-0.4, -0.2) is 31.0 Å². The largest absolute Gasteiger partial charge is 0.494 e. The number of carbonyl (C=O) groups excluding carboxylic acids is 3. The minimum absolute atomic E-state index is 0.0372. The summed E-state index contributed by atoms with van der Waals surface area (Å²) in [6, 6.07) is 23.2. The molecule has 3 rings (SSSR count). The van der Waals surface area contributed by atoms with Crippen molar-refractivity contribution in [3.63, 3.8) is 0 Å². The Morgan fingerprint density at radius 1 is 0.686 bits per heavy atom. The van der Waals surface area contributed by atoms with E-state index in [1.165, 1.54) is 0 Å². The Balaban J connectivity index is 1.30. The van der Waals surface area contributed by atoms with Gasteiger partial charge in [-0.15, -0.1) is 0 Å². The van der Waals surface area contributed by atoms with Gasteiger partial charge in [-0.1, -0.05) is 18.2 Å². The van der Waals surface area contributed by atoms with E-state index in [4.69, 9.17) is 14.2 Å². The molecule has 0 atom stereocenters. The second-order valence-corrected chi connectivity index (χ2v) is 7.51. The summed E-state index contributed by atoms with van der Waals surface area (Å²) in [5.74, 6) is 0.867. The van der Waals surface area contributed by atoms with Gasteiger partial charge in [-0.05, 0) is 74.0 Å². The molecule has 0 aliphatic carbocycles. The quantitative estimate of drug-likeness (QED) is 0.350. The summed E-state index contributed by atoms with van der Waals surface area (Å²) in [5.41, 5.74) is 1.20. The van der Waals surface area contributed by atoms with Gasteiger partial charge in [0.2, 0.25) is 5.91 Å². The minimum atomic E-state index is -0.541. The molecule has 0 saturated heterocycles. The van der Waals surface area contributed by atoms with E-state index in [-0.39, 0.29) is 18.7 Å². The van der Waals surface area contributed by atoms with E-state index in [1.54, 1.807) is 48.5 Å². The average molecular weight is 477 g/mol. The number of nitrogens with one attached hydrogen (secondary N) is 2. The van der Waals surface area contributed by atoms with E-state index < -0.39 is 18.5 Å². The van der Waals surface area contributed by atoms with Gasteiger partial charge in [0, 0.05) is 24.2 Å². The van der Waals surface area contributed by atoms with Gasteiger partial charge in [-0.3, -0.25) is 14.4 Å². The van der Waals surface area contributed by atoms with Gasteiger partial charge in [-0.25, -0.2) is 0 Å². The van der Waals surface area contributed by atoms with Crippen molar-refractivity contribution >= 4 is 29.2 Å². The number of amides is 2. The first kappa shape index (κ1) is 25.3. The summed E-state index contributed by atoms with van der Waals surface area (Å²) >= 11 is 0. The van der Waals surface area contributed by atoms with Gasteiger partial charge >= 0.3 is 5.97 Å². The fourth-order valence-electron chi connectivity index (χ4n) is 3.06. The standard InChI is InChI=1S/C27H28N2O6/c1-2-33-22-15-11-20(12-16-22)28-25(30)9-6-10-27(32)34-19-26(31)29-21-13-17-24(18-14-21)35-23-7-4-3-5-8-23/h3-5,7-8,11-18H,2,6,9-10,19H2,1H3,(H,28,30)(H,29,31). The Hall–Kier alpha value is -4.33. The highest BCUT2D eigenvalue weighted by Crippen LogP contribution is 2.22. The third-order valence-electron chi connectivity index (χ3n) is 4.72. The number of hydrogen-bond donors (Lipinski definition) is 2. The van der Waals surface area contributed by atoms with E-state index in [0.29, 0.717) is 35.9 Å². The van der Waals surface area contributed by atoms with Gasteiger partial charge < -0.3 is 24.8 Å². The molecule has 182 valence electrons. The van der Waals surface area contributed by atoms with Crippen LogP contribution in [-0.2, 0) is 19.1 Å². The van der Waals surface area contributed by atoms with Crippen molar-refractivity contribution in [3.05, 3.63) is 78.9 Å². The molecule has 0 aliphatic heterocycles. The van der Waals surface area contributed by atoms with Crippen molar-refractivity contribution in [3.8, 4) is 17.2 Å². The number of benzene rings is 3. The SMILES string of the molecule is CCOc1ccc(NC(=O)CCCC(=O)OCC(=O)Nc2ccc(Oc3ccccc3)cc2)cc1. The van der Waals surface area contributed by atoms with Crippen molar-refractivity contribution in [1.29, 1.82) is 0 Å². The Morgan fingerprint density at radius 2 is 1.26 bits per heavy atom. The van der Waals surface area contributed by atoms with Crippen molar-refractivity contribution < 1.29 is 28.6 Å². The summed E-state index contributed by atoms with van der Waals surface area (Å²) in [4.78, 5) is 36.0. The van der Waals surface area contributed by atoms with Gasteiger partial charge in [0.05, 0.1) is 6.61 Å². The molecule has 0 aliphatic rings. The first-order valence-electron chi connectivity index (χ1n) is 11.3. The predicted molar refractivity (Wildman–Crippen MR) is 133 cm³/mol. The fourth-order valence-corrected chi connectivity index (χ4v) is 3.06. The lowest BCUT2D eigenvalue weighted by Gasteiger charge is -2.09. The van der Waals surface area contributed by atoms with E-state index >= 15 is 0 Å². The number of anilines is 2. The molecule has 0 radical (unpaired) electrons. The zero-order chi connectivity index (χ0) is 24.9. The molecule has 0 saturated carbocycles. The molecule has 0 bridgehead atoms. The number of rotatable bonds is 12. The van der Waals surface area contributed by atoms with Crippen LogP contribution in [0.3, 0.4) is 0 Å². The maximum Gasteiger partial charge on any atom is 0.306 e. The third kappa shape index (κ3) is 9.21. The number of esters is 1. The van der Waals surface area contributed by atoms with Crippen LogP contribution >= 0.6 is 0 Å². The number of hydrogen-bond acceptors (Lipinski definition) is 6. The van der Waals surface area contributed by atoms with E-state index in [1.807, 2.05) is 37.3 Å². The van der Waals surface area contributed by atoms with Crippen LogP contribution in [0.2, 0.25) is 0 Å². The maximum atomic E-state index is 12.1. The average Bonchev–Trinajstić information content (AvgIpc) is 2.86. The first-order chi connectivity index (χ1) is 17.0. The Labute approximate surface area is 204 Å². The van der Waals surface area contributed by atoms with Gasteiger partial charge in [0.25, 0.3) is 5.91 Å². The highest BCUT2D eigenvalue weighted by molar-refractivity contribution is 5.93. The van der Waals surface area contributed by atoms with Gasteiger partial charge in [0.15, 0.2) is 6.61 Å². The summed E-state index contributed by atoms with van der Waals surface area (Å²) in [5, 5.41) is 5.42. The zero-order valence-electron chi connectivity index (χ0n) is 19.5. The smallest absolute Gasteiger partial charge is 0.306 e. The second-order valence-electron chi connectivity index (χ2n) is 7.51. The van der Waals surface area contributed by atoms with E-state index in [0.717, 1.165) is 5.75 Å². The number of carbonyl (C=O) groups is 3. The molecule has 2 amide bonds. The van der Waals surface area contributed by atoms with E-state index in [9.17, 15) is 14.4 Å². The lowest BCUT2D eigenvalue weighted by molar-refractivity contribution is -0.147. The maximum absolute atomic E-state index is 12.1. The Morgan fingerprint density at radius 3 is 1.89 bits per heavy atom. The highest BCUT2D eigenvalue weighted by atomic mass is 16.5. The van der Waals surface area contributed by atoms with Gasteiger partial charge in [-0.2, -0.15) is 0 Å². The van der Waals surface area contributed by atoms with Gasteiger partial charge in [0.1, 0.15) is 17.2 Å². The van der Waals surface area contributed by atoms with E-state index in [2.05, 4.69) is 10.6 Å². The lowest BCUT2D eigenvalue weighted by Crippen LogP contribution is -2.21. The first-order valence-corrected chi connectivity index (χ1v) is 11.3. The number of ether oxygens (including phenoxy) is 3. The monoisotopic (exact) mass is 476 g/mol. The van der Waals surface area contributed by atoms with Crippen LogP contribution in [0.25, 0.3) is 0 Å². The van der Waals surface area contributed by atoms with Crippen LogP contribution in [0.4, 0.5) is 11.4 Å². The third-order valence-corrected chi connectivity index (χ3v) is 4.72. The second kappa shape index (κ2) is 13.4. The van der Waals surface area contributed by atoms with Crippen LogP contribution in [0.15, 0.2) is 78.9 Å². The van der Waals surface area contributed by atoms with Crippen molar-refractivity contribution in [2.75, 3.05) is 23.8 Å². The normalized spacial score (nSPS) is 10.2. The molecule has 0 unspecified atom stereocenters. The molecular weight excluding hydrogens is 448 g/mol. The van der Waals surface area contributed by atoms with Crippen LogP contribution in [0.5, 0.6) is 17.2 Å². The minimum Gasteiger partial charge on any atom is -0.494 e. The zero-order valence-corrected chi connectivity index (χ0v) is 19.5. The molecule has 35 heavy (non-hydrogen) atoms. The molecule has 0 spiro atoms. The molecule has 3 aromatic rings. The summed E-state index contributed by atoms with van der Waals surface area (Å²) < 4.78 is 16.1. The molecule has 8 heteroatoms. The van der Waals surface area contributed by atoms with Crippen molar-refractivity contribution in [2.45, 2.75) is 26.2 Å². The van der Waals surface area contributed by atoms with Crippen molar-refractivity contribution in [2.24, 2.45) is 0 Å². The van der Waals surface area contributed by atoms with Crippen LogP contribution in [0, 0.1) is 0 Å². The molecule has 3 aromatic carbocycles. The lowest BCUT2D eigenvalue weighted by atomic mass is 10.2. The van der Waals surface area contributed by atoms with Crippen molar-refractivity contribution in [1.82, 2.24) is 0 Å². The molecule has 0 heterocycles. The molecular formula is C27H28N2O6. The summed E-state index contributed by atoms with van der Waals surface area (Å²) in [6.45, 7) is 2.06. The number of para-hydroxylation sites is 1. The van der Waals surface area contributed by atoms with Crippen LogP contribution in [0.1, 0.15) is 26.2 Å². The summed E-state index contributed by atoms with van der Waals surface area (Å²) in [7, 11) is 0. The summed E-state index contributed by atoms with van der Waals surface area (Å²) in [6.07, 6.45) is 0.508. The highest BCUT2D eigenvalue weighted by Gasteiger charge is 2.10. The molecule has 8 nitrogen and oxygen atoms in total. The predicted octanol–water partition coefficient (Wildman–Crippen LogP) is 5.17. The molecule has 2 N–H and O–H groups in total. The Bertz CT molecular complexity index is 1100. The fraction of sp³-hybridized carbons (Fsp3) is 0.222. The topological polar surface area (TPSA) is 103 Å².